The van der Waals surface area contributed by atoms with E-state index in [-0.39, 0.29) is 23.1 Å². The second-order valence-corrected chi connectivity index (χ2v) is 6.30. The zero-order valence-corrected chi connectivity index (χ0v) is 15.5. The SMILES string of the molecule is C=CCn1c(C)nnc1SCC(=O)Nc1cc(OC)c([N+](=O)[O-])cc1C. The predicted molar refractivity (Wildman–Crippen MR) is 98.7 cm³/mol. The molecule has 138 valence electrons. The third kappa shape index (κ3) is 4.39. The fourth-order valence-electron chi connectivity index (χ4n) is 2.24. The van der Waals surface area contributed by atoms with Gasteiger partial charge >= 0.3 is 5.69 Å². The molecule has 0 spiro atoms. The number of methoxy groups -OCH3 is 1. The first-order valence-corrected chi connectivity index (χ1v) is 8.62. The van der Waals surface area contributed by atoms with Crippen LogP contribution in [-0.4, -0.2) is 38.5 Å². The molecule has 0 aliphatic carbocycles. The normalized spacial score (nSPS) is 10.4. The summed E-state index contributed by atoms with van der Waals surface area (Å²) in [5.41, 5.74) is 0.883. The van der Waals surface area contributed by atoms with Crippen LogP contribution in [0.15, 0.2) is 29.9 Å². The van der Waals surface area contributed by atoms with Crippen molar-refractivity contribution < 1.29 is 14.5 Å². The van der Waals surface area contributed by atoms with Gasteiger partial charge in [-0.25, -0.2) is 0 Å². The Balaban J connectivity index is 2.08. The van der Waals surface area contributed by atoms with Crippen LogP contribution in [0.5, 0.6) is 5.75 Å². The highest BCUT2D eigenvalue weighted by atomic mass is 32.2. The van der Waals surface area contributed by atoms with E-state index in [1.54, 1.807) is 13.0 Å². The number of carbonyl (C=O) groups excluding carboxylic acids is 1. The fourth-order valence-corrected chi connectivity index (χ4v) is 3.03. The van der Waals surface area contributed by atoms with Gasteiger partial charge in [-0.15, -0.1) is 16.8 Å². The number of rotatable bonds is 8. The molecule has 0 bridgehead atoms. The van der Waals surface area contributed by atoms with Crippen molar-refractivity contribution in [3.63, 3.8) is 0 Å². The van der Waals surface area contributed by atoms with E-state index in [0.29, 0.717) is 23.0 Å². The molecule has 0 aliphatic heterocycles. The molecule has 0 saturated carbocycles. The first kappa shape index (κ1) is 19.4. The summed E-state index contributed by atoms with van der Waals surface area (Å²) >= 11 is 1.25. The summed E-state index contributed by atoms with van der Waals surface area (Å²) in [6, 6.07) is 2.81. The smallest absolute Gasteiger partial charge is 0.311 e. The Bertz CT molecular complexity index is 849. The lowest BCUT2D eigenvalue weighted by atomic mass is 10.1. The van der Waals surface area contributed by atoms with Gasteiger partial charge in [-0.1, -0.05) is 17.8 Å². The minimum Gasteiger partial charge on any atom is -0.490 e. The monoisotopic (exact) mass is 377 g/mol. The number of thioether (sulfide) groups is 1. The summed E-state index contributed by atoms with van der Waals surface area (Å²) < 4.78 is 6.88. The number of benzene rings is 1. The Morgan fingerprint density at radius 2 is 2.19 bits per heavy atom. The number of aromatic nitrogens is 3. The van der Waals surface area contributed by atoms with Crippen LogP contribution in [0.3, 0.4) is 0 Å². The van der Waals surface area contributed by atoms with E-state index < -0.39 is 4.92 Å². The van der Waals surface area contributed by atoms with E-state index in [0.717, 1.165) is 5.82 Å². The molecular formula is C16H19N5O4S. The van der Waals surface area contributed by atoms with Crippen LogP contribution in [0, 0.1) is 24.0 Å². The molecule has 0 atom stereocenters. The maximum absolute atomic E-state index is 12.2. The lowest BCUT2D eigenvalue weighted by Gasteiger charge is -2.11. The lowest BCUT2D eigenvalue weighted by molar-refractivity contribution is -0.385. The summed E-state index contributed by atoms with van der Waals surface area (Å²) in [4.78, 5) is 22.7. The van der Waals surface area contributed by atoms with Gasteiger partial charge in [0.1, 0.15) is 5.82 Å². The summed E-state index contributed by atoms with van der Waals surface area (Å²) in [6.45, 7) is 7.75. The average Bonchev–Trinajstić information content (AvgIpc) is 2.95. The van der Waals surface area contributed by atoms with Crippen LogP contribution in [-0.2, 0) is 11.3 Å². The van der Waals surface area contributed by atoms with E-state index in [1.807, 2.05) is 11.5 Å². The number of allylic oxidation sites excluding steroid dienone is 1. The molecule has 26 heavy (non-hydrogen) atoms. The molecule has 2 aromatic rings. The Morgan fingerprint density at radius 3 is 2.81 bits per heavy atom. The van der Waals surface area contributed by atoms with Crippen LogP contribution in [0.1, 0.15) is 11.4 Å². The Labute approximate surface area is 154 Å². The van der Waals surface area contributed by atoms with Gasteiger partial charge in [0.25, 0.3) is 0 Å². The Morgan fingerprint density at radius 1 is 1.46 bits per heavy atom. The van der Waals surface area contributed by atoms with Crippen molar-refractivity contribution in [3.8, 4) is 5.75 Å². The third-order valence-corrected chi connectivity index (χ3v) is 4.51. The molecule has 0 aliphatic rings. The van der Waals surface area contributed by atoms with Crippen molar-refractivity contribution >= 4 is 29.0 Å². The van der Waals surface area contributed by atoms with E-state index in [2.05, 4.69) is 22.1 Å². The fraction of sp³-hybridized carbons (Fsp3) is 0.312. The Hall–Kier alpha value is -2.88. The van der Waals surface area contributed by atoms with Gasteiger partial charge in [-0.2, -0.15) is 0 Å². The molecule has 10 heteroatoms. The quantitative estimate of drug-likeness (QED) is 0.326. The molecule has 1 heterocycles. The number of nitro benzene ring substituents is 1. The number of amides is 1. The van der Waals surface area contributed by atoms with Crippen molar-refractivity contribution in [3.05, 3.63) is 46.3 Å². The van der Waals surface area contributed by atoms with Crippen LogP contribution in [0.2, 0.25) is 0 Å². The molecule has 0 saturated heterocycles. The second-order valence-electron chi connectivity index (χ2n) is 5.36. The number of hydrogen-bond acceptors (Lipinski definition) is 7. The van der Waals surface area contributed by atoms with Crippen LogP contribution >= 0.6 is 11.8 Å². The van der Waals surface area contributed by atoms with Gasteiger partial charge in [0.2, 0.25) is 5.91 Å². The third-order valence-electron chi connectivity index (χ3n) is 3.54. The highest BCUT2D eigenvalue weighted by molar-refractivity contribution is 7.99. The van der Waals surface area contributed by atoms with Crippen molar-refractivity contribution in [2.45, 2.75) is 25.5 Å². The van der Waals surface area contributed by atoms with E-state index in [1.165, 1.54) is 31.0 Å². The summed E-state index contributed by atoms with van der Waals surface area (Å²) in [6.07, 6.45) is 1.73. The average molecular weight is 377 g/mol. The first-order valence-electron chi connectivity index (χ1n) is 7.63. The molecule has 0 unspecified atom stereocenters. The summed E-state index contributed by atoms with van der Waals surface area (Å²) in [5.74, 6) is 0.682. The van der Waals surface area contributed by atoms with Gasteiger partial charge < -0.3 is 14.6 Å². The number of nitro groups is 1. The van der Waals surface area contributed by atoms with E-state index >= 15 is 0 Å². The zero-order chi connectivity index (χ0) is 19.3. The van der Waals surface area contributed by atoms with Crippen molar-refractivity contribution in [1.82, 2.24) is 14.8 Å². The molecule has 1 N–H and O–H groups in total. The zero-order valence-electron chi connectivity index (χ0n) is 14.7. The first-order chi connectivity index (χ1) is 12.4. The number of ether oxygens (including phenoxy) is 1. The van der Waals surface area contributed by atoms with Crippen LogP contribution < -0.4 is 10.1 Å². The number of anilines is 1. The molecule has 0 radical (unpaired) electrons. The molecular weight excluding hydrogens is 358 g/mol. The molecule has 9 nitrogen and oxygen atoms in total. The number of aryl methyl sites for hydroxylation is 2. The minimum absolute atomic E-state index is 0.0879. The van der Waals surface area contributed by atoms with Gasteiger partial charge in [0.15, 0.2) is 10.9 Å². The van der Waals surface area contributed by atoms with Crippen molar-refractivity contribution in [2.24, 2.45) is 0 Å². The highest BCUT2D eigenvalue weighted by Crippen LogP contribution is 2.32. The second kappa shape index (κ2) is 8.48. The largest absolute Gasteiger partial charge is 0.490 e. The topological polar surface area (TPSA) is 112 Å². The predicted octanol–water partition coefficient (Wildman–Crippen LogP) is 2.73. The molecule has 0 fully saturated rings. The molecule has 1 amide bonds. The lowest BCUT2D eigenvalue weighted by Crippen LogP contribution is -2.15. The summed E-state index contributed by atoms with van der Waals surface area (Å²) in [5, 5.41) is 22.4. The maximum Gasteiger partial charge on any atom is 0.311 e. The van der Waals surface area contributed by atoms with E-state index in [4.69, 9.17) is 4.74 Å². The number of hydrogen-bond donors (Lipinski definition) is 1. The Kier molecular flexibility index (Phi) is 6.34. The molecule has 1 aromatic carbocycles. The minimum atomic E-state index is -0.526. The van der Waals surface area contributed by atoms with E-state index in [9.17, 15) is 14.9 Å². The summed E-state index contributed by atoms with van der Waals surface area (Å²) in [7, 11) is 1.34. The van der Waals surface area contributed by atoms with Crippen LogP contribution in [0.25, 0.3) is 0 Å². The standard InChI is InChI=1S/C16H19N5O4S/c1-5-6-20-11(3)18-19-16(20)26-9-15(22)17-12-8-14(25-4)13(21(23)24)7-10(12)2/h5,7-8H,1,6,9H2,2-4H3,(H,17,22). The number of carbonyl (C=O) groups is 1. The van der Waals surface area contributed by atoms with Gasteiger partial charge in [0, 0.05) is 24.4 Å². The number of nitrogens with zero attached hydrogens (tertiary/aromatic N) is 4. The highest BCUT2D eigenvalue weighted by Gasteiger charge is 2.18. The van der Waals surface area contributed by atoms with Crippen LogP contribution in [0.4, 0.5) is 11.4 Å². The van der Waals surface area contributed by atoms with Gasteiger partial charge in [-0.05, 0) is 19.4 Å². The molecule has 1 aromatic heterocycles. The van der Waals surface area contributed by atoms with Gasteiger partial charge in [-0.3, -0.25) is 14.9 Å². The molecule has 2 rings (SSSR count). The number of nitrogens with one attached hydrogen (secondary N) is 1. The van der Waals surface area contributed by atoms with Gasteiger partial charge in [0.05, 0.1) is 17.8 Å². The van der Waals surface area contributed by atoms with Crippen molar-refractivity contribution in [2.75, 3.05) is 18.2 Å². The van der Waals surface area contributed by atoms with Crippen molar-refractivity contribution in [1.29, 1.82) is 0 Å². The maximum atomic E-state index is 12.2.